The Hall–Kier alpha value is -0.520. The van der Waals surface area contributed by atoms with Crippen LogP contribution < -0.4 is 0 Å². The van der Waals surface area contributed by atoms with E-state index < -0.39 is 0 Å². The lowest BCUT2D eigenvalue weighted by molar-refractivity contribution is -0.162. The van der Waals surface area contributed by atoms with Crippen molar-refractivity contribution in [2.75, 3.05) is 13.2 Å². The molecule has 0 spiro atoms. The molecule has 1 aliphatic rings. The first-order valence-electron chi connectivity index (χ1n) is 5.06. The van der Waals surface area contributed by atoms with Crippen LogP contribution in [0.2, 0.25) is 0 Å². The third-order valence-electron chi connectivity index (χ3n) is 2.06. The Bertz CT molecular complexity index is 172. The van der Waals surface area contributed by atoms with E-state index in [2.05, 4.69) is 11.8 Å². The lowest BCUT2D eigenvalue weighted by Gasteiger charge is -2.22. The van der Waals surface area contributed by atoms with E-state index in [-0.39, 0.29) is 6.29 Å². The molecule has 2 heteroatoms. The predicted molar refractivity (Wildman–Crippen MR) is 52.2 cm³/mol. The molecule has 0 amide bonds. The second kappa shape index (κ2) is 6.94. The largest absolute Gasteiger partial charge is 0.353 e. The lowest BCUT2D eigenvalue weighted by atomic mass is 10.2. The molecule has 0 saturated carbocycles. The van der Waals surface area contributed by atoms with Gasteiger partial charge in [-0.3, -0.25) is 0 Å². The summed E-state index contributed by atoms with van der Waals surface area (Å²) in [5.74, 6) is 5.88. The molecule has 0 aliphatic carbocycles. The third-order valence-corrected chi connectivity index (χ3v) is 2.06. The van der Waals surface area contributed by atoms with Gasteiger partial charge in [-0.05, 0) is 32.6 Å². The molecular weight excluding hydrogens is 164 g/mol. The van der Waals surface area contributed by atoms with E-state index in [4.69, 9.17) is 9.47 Å². The molecule has 0 radical (unpaired) electrons. The Labute approximate surface area is 80.6 Å². The maximum absolute atomic E-state index is 5.54. The van der Waals surface area contributed by atoms with Crippen molar-refractivity contribution >= 4 is 0 Å². The fraction of sp³-hybridized carbons (Fsp3) is 0.818. The first-order chi connectivity index (χ1) is 6.43. The zero-order valence-corrected chi connectivity index (χ0v) is 8.34. The van der Waals surface area contributed by atoms with Crippen LogP contribution in [0.3, 0.4) is 0 Å². The third kappa shape index (κ3) is 4.92. The highest BCUT2D eigenvalue weighted by Gasteiger charge is 2.12. The standard InChI is InChI=1S/C11H18O2/c1-2-3-4-6-9-12-11-8-5-7-10-13-11/h11H,4-10H2,1H3. The van der Waals surface area contributed by atoms with Gasteiger partial charge in [0.05, 0.1) is 6.61 Å². The summed E-state index contributed by atoms with van der Waals surface area (Å²) in [5, 5.41) is 0. The second-order valence-electron chi connectivity index (χ2n) is 3.20. The van der Waals surface area contributed by atoms with Crippen molar-refractivity contribution in [3.63, 3.8) is 0 Å². The fourth-order valence-electron chi connectivity index (χ4n) is 1.34. The van der Waals surface area contributed by atoms with Crippen molar-refractivity contribution in [1.82, 2.24) is 0 Å². The molecule has 1 rings (SSSR count). The normalized spacial score (nSPS) is 22.1. The van der Waals surface area contributed by atoms with Crippen molar-refractivity contribution in [3.8, 4) is 11.8 Å². The van der Waals surface area contributed by atoms with Gasteiger partial charge < -0.3 is 9.47 Å². The van der Waals surface area contributed by atoms with Crippen LogP contribution >= 0.6 is 0 Å². The van der Waals surface area contributed by atoms with Gasteiger partial charge in [-0.1, -0.05) is 0 Å². The summed E-state index contributed by atoms with van der Waals surface area (Å²) < 4.78 is 11.0. The molecule has 2 nitrogen and oxygen atoms in total. The monoisotopic (exact) mass is 182 g/mol. The highest BCUT2D eigenvalue weighted by atomic mass is 16.7. The summed E-state index contributed by atoms with van der Waals surface area (Å²) >= 11 is 0. The summed E-state index contributed by atoms with van der Waals surface area (Å²) in [4.78, 5) is 0. The molecule has 74 valence electrons. The molecule has 1 aliphatic heterocycles. The Morgan fingerprint density at radius 3 is 3.08 bits per heavy atom. The average Bonchev–Trinajstić information content (AvgIpc) is 2.19. The maximum Gasteiger partial charge on any atom is 0.157 e. The van der Waals surface area contributed by atoms with Crippen LogP contribution in [0, 0.1) is 11.8 Å². The number of hydrogen-bond donors (Lipinski definition) is 0. The van der Waals surface area contributed by atoms with Gasteiger partial charge in [0.2, 0.25) is 0 Å². The summed E-state index contributed by atoms with van der Waals surface area (Å²) in [6.07, 6.45) is 5.48. The van der Waals surface area contributed by atoms with Gasteiger partial charge >= 0.3 is 0 Å². The van der Waals surface area contributed by atoms with Crippen molar-refractivity contribution in [2.24, 2.45) is 0 Å². The Kier molecular flexibility index (Phi) is 5.64. The van der Waals surface area contributed by atoms with Gasteiger partial charge in [-0.15, -0.1) is 11.8 Å². The van der Waals surface area contributed by atoms with Gasteiger partial charge in [0, 0.05) is 13.0 Å². The summed E-state index contributed by atoms with van der Waals surface area (Å²) in [7, 11) is 0. The zero-order chi connectivity index (χ0) is 9.36. The predicted octanol–water partition coefficient (Wildman–Crippen LogP) is 2.33. The van der Waals surface area contributed by atoms with E-state index in [0.29, 0.717) is 0 Å². The number of unbranched alkanes of at least 4 members (excludes halogenated alkanes) is 1. The quantitative estimate of drug-likeness (QED) is 0.490. The second-order valence-corrected chi connectivity index (χ2v) is 3.20. The summed E-state index contributed by atoms with van der Waals surface area (Å²) in [6, 6.07) is 0. The van der Waals surface area contributed by atoms with E-state index in [1.54, 1.807) is 0 Å². The Morgan fingerprint density at radius 2 is 2.38 bits per heavy atom. The van der Waals surface area contributed by atoms with Crippen LogP contribution in [-0.4, -0.2) is 19.5 Å². The minimum Gasteiger partial charge on any atom is -0.353 e. The summed E-state index contributed by atoms with van der Waals surface area (Å²) in [5.41, 5.74) is 0. The molecule has 1 heterocycles. The van der Waals surface area contributed by atoms with Crippen LogP contribution in [0.5, 0.6) is 0 Å². The van der Waals surface area contributed by atoms with Crippen LogP contribution in [-0.2, 0) is 9.47 Å². The molecule has 1 unspecified atom stereocenters. The van der Waals surface area contributed by atoms with Crippen LogP contribution in [0.15, 0.2) is 0 Å². The minimum absolute atomic E-state index is 0.0586. The molecule has 0 aromatic carbocycles. The molecule has 1 fully saturated rings. The molecule has 1 saturated heterocycles. The Balaban J connectivity index is 1.94. The highest BCUT2D eigenvalue weighted by Crippen LogP contribution is 2.13. The van der Waals surface area contributed by atoms with E-state index in [0.717, 1.165) is 32.5 Å². The van der Waals surface area contributed by atoms with Gasteiger partial charge in [0.25, 0.3) is 0 Å². The van der Waals surface area contributed by atoms with Gasteiger partial charge in [-0.25, -0.2) is 0 Å². The fourth-order valence-corrected chi connectivity index (χ4v) is 1.34. The van der Waals surface area contributed by atoms with Crippen molar-refractivity contribution in [1.29, 1.82) is 0 Å². The molecule has 0 bridgehead atoms. The molecule has 0 aromatic rings. The molecule has 0 N–H and O–H groups in total. The SMILES string of the molecule is CC#CCCCOC1CCCCO1. The minimum atomic E-state index is 0.0586. The molecule has 13 heavy (non-hydrogen) atoms. The molecule has 1 atom stereocenters. The van der Waals surface area contributed by atoms with Gasteiger partial charge in [0.15, 0.2) is 6.29 Å². The van der Waals surface area contributed by atoms with Gasteiger partial charge in [0.1, 0.15) is 0 Å². The first-order valence-corrected chi connectivity index (χ1v) is 5.06. The number of rotatable bonds is 4. The number of hydrogen-bond acceptors (Lipinski definition) is 2. The van der Waals surface area contributed by atoms with E-state index >= 15 is 0 Å². The average molecular weight is 182 g/mol. The highest BCUT2D eigenvalue weighted by molar-refractivity contribution is 4.94. The van der Waals surface area contributed by atoms with E-state index in [1.165, 1.54) is 12.8 Å². The van der Waals surface area contributed by atoms with E-state index in [9.17, 15) is 0 Å². The van der Waals surface area contributed by atoms with E-state index in [1.807, 2.05) is 6.92 Å². The first kappa shape index (κ1) is 10.6. The van der Waals surface area contributed by atoms with Crippen molar-refractivity contribution in [2.45, 2.75) is 45.3 Å². The van der Waals surface area contributed by atoms with Crippen LogP contribution in [0.1, 0.15) is 39.0 Å². The van der Waals surface area contributed by atoms with Crippen molar-refractivity contribution < 1.29 is 9.47 Å². The topological polar surface area (TPSA) is 18.5 Å². The lowest BCUT2D eigenvalue weighted by Crippen LogP contribution is -2.22. The summed E-state index contributed by atoms with van der Waals surface area (Å²) in [6.45, 7) is 3.50. The zero-order valence-electron chi connectivity index (χ0n) is 8.34. The van der Waals surface area contributed by atoms with Gasteiger partial charge in [-0.2, -0.15) is 0 Å². The van der Waals surface area contributed by atoms with Crippen LogP contribution in [0.25, 0.3) is 0 Å². The molecule has 0 aromatic heterocycles. The maximum atomic E-state index is 5.54. The van der Waals surface area contributed by atoms with Crippen molar-refractivity contribution in [3.05, 3.63) is 0 Å². The smallest absolute Gasteiger partial charge is 0.157 e. The molecular formula is C11H18O2. The van der Waals surface area contributed by atoms with Crippen LogP contribution in [0.4, 0.5) is 0 Å². The number of ether oxygens (including phenoxy) is 2. The Morgan fingerprint density at radius 1 is 1.46 bits per heavy atom.